The van der Waals surface area contributed by atoms with E-state index in [-0.39, 0.29) is 6.04 Å². The number of aryl methyl sites for hydroxylation is 1. The van der Waals surface area contributed by atoms with Gasteiger partial charge >= 0.3 is 0 Å². The van der Waals surface area contributed by atoms with E-state index in [1.54, 1.807) is 0 Å². The fourth-order valence-electron chi connectivity index (χ4n) is 2.48. The number of aromatic nitrogens is 4. The lowest BCUT2D eigenvalue weighted by atomic mass is 10.2. The molecule has 3 rings (SSSR count). The summed E-state index contributed by atoms with van der Waals surface area (Å²) in [7, 11) is 0. The van der Waals surface area contributed by atoms with Gasteiger partial charge in [0.2, 0.25) is 11.7 Å². The van der Waals surface area contributed by atoms with Gasteiger partial charge in [0, 0.05) is 0 Å². The third-order valence-electron chi connectivity index (χ3n) is 3.52. The van der Waals surface area contributed by atoms with Gasteiger partial charge in [0.05, 0.1) is 11.7 Å². The summed E-state index contributed by atoms with van der Waals surface area (Å²) < 4.78 is 5.39. The predicted molar refractivity (Wildman–Crippen MR) is 69.3 cm³/mol. The third kappa shape index (κ3) is 2.35. The van der Waals surface area contributed by atoms with E-state index in [1.165, 1.54) is 6.42 Å². The maximum absolute atomic E-state index is 5.39. The van der Waals surface area contributed by atoms with Crippen LogP contribution in [-0.2, 0) is 0 Å². The summed E-state index contributed by atoms with van der Waals surface area (Å²) in [6.07, 6.45) is 2.26. The van der Waals surface area contributed by atoms with Crippen LogP contribution >= 0.6 is 0 Å². The fraction of sp³-hybridized carbons (Fsp3) is 0.538. The molecule has 19 heavy (non-hydrogen) atoms. The highest BCUT2D eigenvalue weighted by atomic mass is 16.5. The number of hydrogen-bond donors (Lipinski definition) is 0. The van der Waals surface area contributed by atoms with Gasteiger partial charge in [-0.2, -0.15) is 10.1 Å². The minimum atomic E-state index is 0.254. The molecule has 0 aromatic carbocycles. The number of rotatable bonds is 3. The van der Waals surface area contributed by atoms with Gasteiger partial charge in [-0.25, -0.2) is 0 Å². The highest BCUT2D eigenvalue weighted by molar-refractivity contribution is 5.46. The number of likely N-dealkylation sites (tertiary alicyclic amines) is 1. The van der Waals surface area contributed by atoms with Gasteiger partial charge in [0.1, 0.15) is 5.69 Å². The SMILES string of the molecule is CCN1CCC[C@@H]1c1nc(-c2ccc(C)nn2)no1. The molecular formula is C13H17N5O. The average molecular weight is 259 g/mol. The minimum absolute atomic E-state index is 0.254. The van der Waals surface area contributed by atoms with Crippen molar-refractivity contribution < 1.29 is 4.52 Å². The lowest BCUT2D eigenvalue weighted by Crippen LogP contribution is -2.22. The smallest absolute Gasteiger partial charge is 0.244 e. The molecule has 1 aliphatic heterocycles. The van der Waals surface area contributed by atoms with Gasteiger partial charge in [-0.1, -0.05) is 12.1 Å². The van der Waals surface area contributed by atoms with E-state index in [1.807, 2.05) is 19.1 Å². The van der Waals surface area contributed by atoms with Crippen molar-refractivity contribution in [1.29, 1.82) is 0 Å². The molecular weight excluding hydrogens is 242 g/mol. The molecule has 0 aliphatic carbocycles. The summed E-state index contributed by atoms with van der Waals surface area (Å²) in [5.74, 6) is 1.21. The molecule has 0 spiro atoms. The average Bonchev–Trinajstić information content (AvgIpc) is 3.07. The summed E-state index contributed by atoms with van der Waals surface area (Å²) >= 11 is 0. The van der Waals surface area contributed by atoms with Crippen molar-refractivity contribution in [1.82, 2.24) is 25.2 Å². The summed E-state index contributed by atoms with van der Waals surface area (Å²) in [4.78, 5) is 6.83. The van der Waals surface area contributed by atoms with Crippen molar-refractivity contribution in [2.24, 2.45) is 0 Å². The molecule has 1 atom stereocenters. The van der Waals surface area contributed by atoms with Gasteiger partial charge < -0.3 is 4.52 Å². The highest BCUT2D eigenvalue weighted by Crippen LogP contribution is 2.31. The second kappa shape index (κ2) is 5.05. The van der Waals surface area contributed by atoms with Gasteiger partial charge in [-0.3, -0.25) is 4.90 Å². The Hall–Kier alpha value is -1.82. The zero-order valence-electron chi connectivity index (χ0n) is 11.2. The van der Waals surface area contributed by atoms with Crippen LogP contribution in [0.2, 0.25) is 0 Å². The Morgan fingerprint density at radius 1 is 1.37 bits per heavy atom. The maximum atomic E-state index is 5.39. The zero-order valence-corrected chi connectivity index (χ0v) is 11.2. The van der Waals surface area contributed by atoms with Gasteiger partial charge in [0.15, 0.2) is 0 Å². The molecule has 0 amide bonds. The second-order valence-electron chi connectivity index (χ2n) is 4.80. The van der Waals surface area contributed by atoms with E-state index in [9.17, 15) is 0 Å². The molecule has 1 saturated heterocycles. The second-order valence-corrected chi connectivity index (χ2v) is 4.80. The third-order valence-corrected chi connectivity index (χ3v) is 3.52. The molecule has 6 nitrogen and oxygen atoms in total. The Labute approximate surface area is 111 Å². The summed E-state index contributed by atoms with van der Waals surface area (Å²) in [5.41, 5.74) is 1.53. The molecule has 0 unspecified atom stereocenters. The van der Waals surface area contributed by atoms with Crippen LogP contribution in [0.25, 0.3) is 11.5 Å². The van der Waals surface area contributed by atoms with E-state index in [0.29, 0.717) is 17.4 Å². The van der Waals surface area contributed by atoms with E-state index >= 15 is 0 Å². The van der Waals surface area contributed by atoms with Crippen LogP contribution in [0.3, 0.4) is 0 Å². The summed E-state index contributed by atoms with van der Waals surface area (Å²) in [5, 5.41) is 12.1. The van der Waals surface area contributed by atoms with E-state index < -0.39 is 0 Å². The van der Waals surface area contributed by atoms with Crippen molar-refractivity contribution in [2.45, 2.75) is 32.7 Å². The quantitative estimate of drug-likeness (QED) is 0.839. The molecule has 6 heteroatoms. The topological polar surface area (TPSA) is 67.9 Å². The van der Waals surface area contributed by atoms with Crippen molar-refractivity contribution in [3.63, 3.8) is 0 Å². The van der Waals surface area contributed by atoms with Gasteiger partial charge in [-0.15, -0.1) is 5.10 Å². The first-order valence-corrected chi connectivity index (χ1v) is 6.66. The Morgan fingerprint density at radius 2 is 2.26 bits per heavy atom. The predicted octanol–water partition coefficient (Wildman–Crippen LogP) is 1.99. The van der Waals surface area contributed by atoms with Gasteiger partial charge in [0.25, 0.3) is 0 Å². The standard InChI is InChI=1S/C13H17N5O/c1-3-18-8-4-5-11(18)13-14-12(17-19-13)10-7-6-9(2)15-16-10/h6-7,11H,3-5,8H2,1-2H3/t11-/m1/s1. The normalized spacial score (nSPS) is 20.0. The van der Waals surface area contributed by atoms with Crippen molar-refractivity contribution in [3.05, 3.63) is 23.7 Å². The molecule has 2 aromatic heterocycles. The molecule has 3 heterocycles. The van der Waals surface area contributed by atoms with E-state index in [0.717, 1.165) is 25.2 Å². The van der Waals surface area contributed by atoms with E-state index in [2.05, 4.69) is 32.2 Å². The molecule has 1 aliphatic rings. The molecule has 0 radical (unpaired) electrons. The van der Waals surface area contributed by atoms with Gasteiger partial charge in [-0.05, 0) is 45.0 Å². The Morgan fingerprint density at radius 3 is 3.00 bits per heavy atom. The van der Waals surface area contributed by atoms with Crippen LogP contribution < -0.4 is 0 Å². The largest absolute Gasteiger partial charge is 0.337 e. The Kier molecular flexibility index (Phi) is 3.25. The lowest BCUT2D eigenvalue weighted by molar-refractivity contribution is 0.217. The minimum Gasteiger partial charge on any atom is -0.337 e. The first-order valence-electron chi connectivity index (χ1n) is 6.66. The number of nitrogens with zero attached hydrogens (tertiary/aromatic N) is 5. The molecule has 2 aromatic rings. The molecule has 0 bridgehead atoms. The van der Waals surface area contributed by atoms with Crippen LogP contribution in [0.5, 0.6) is 0 Å². The lowest BCUT2D eigenvalue weighted by Gasteiger charge is -2.18. The van der Waals surface area contributed by atoms with Crippen molar-refractivity contribution >= 4 is 0 Å². The first-order chi connectivity index (χ1) is 9.28. The van der Waals surface area contributed by atoms with Crippen LogP contribution in [0.1, 0.15) is 37.4 Å². The summed E-state index contributed by atoms with van der Waals surface area (Å²) in [6, 6.07) is 4.01. The monoisotopic (exact) mass is 259 g/mol. The maximum Gasteiger partial charge on any atom is 0.244 e. The van der Waals surface area contributed by atoms with Crippen LogP contribution in [0.15, 0.2) is 16.7 Å². The molecule has 0 N–H and O–H groups in total. The fourth-order valence-corrected chi connectivity index (χ4v) is 2.48. The molecule has 0 saturated carbocycles. The van der Waals surface area contributed by atoms with Crippen LogP contribution in [0.4, 0.5) is 0 Å². The van der Waals surface area contributed by atoms with Crippen LogP contribution in [-0.4, -0.2) is 38.3 Å². The summed E-state index contributed by atoms with van der Waals surface area (Å²) in [6.45, 7) is 6.16. The highest BCUT2D eigenvalue weighted by Gasteiger charge is 2.29. The van der Waals surface area contributed by atoms with Crippen LogP contribution in [0, 0.1) is 6.92 Å². The first kappa shape index (κ1) is 12.2. The zero-order chi connectivity index (χ0) is 13.2. The Balaban J connectivity index is 1.85. The molecule has 100 valence electrons. The molecule has 1 fully saturated rings. The van der Waals surface area contributed by atoms with Crippen molar-refractivity contribution in [3.8, 4) is 11.5 Å². The number of hydrogen-bond acceptors (Lipinski definition) is 6. The Bertz CT molecular complexity index is 550. The van der Waals surface area contributed by atoms with E-state index in [4.69, 9.17) is 4.52 Å². The van der Waals surface area contributed by atoms with Crippen molar-refractivity contribution in [2.75, 3.05) is 13.1 Å².